The Bertz CT molecular complexity index is 1440. The van der Waals surface area contributed by atoms with Crippen LogP contribution in [0, 0.1) is 0 Å². The summed E-state index contributed by atoms with van der Waals surface area (Å²) in [6.45, 7) is 0. The van der Waals surface area contributed by atoms with Crippen molar-refractivity contribution in [1.29, 1.82) is 0 Å². The summed E-state index contributed by atoms with van der Waals surface area (Å²) in [6, 6.07) is 5.50. The van der Waals surface area contributed by atoms with Crippen molar-refractivity contribution >= 4 is 11.7 Å². The third-order valence-electron chi connectivity index (χ3n) is 8.83. The molecule has 1 aromatic rings. The maximum Gasteiger partial charge on any atom is 0.278 e. The number of hydrogen-bond donors (Lipinski definition) is 0. The van der Waals surface area contributed by atoms with Crippen molar-refractivity contribution in [3.05, 3.63) is 127 Å². The smallest absolute Gasteiger partial charge is 0.275 e. The van der Waals surface area contributed by atoms with Crippen LogP contribution in [0.5, 0.6) is 0 Å². The first-order valence-electron chi connectivity index (χ1n) is 12.8. The van der Waals surface area contributed by atoms with Crippen LogP contribution in [0.2, 0.25) is 0 Å². The van der Waals surface area contributed by atoms with Crippen molar-refractivity contribution in [2.45, 2.75) is 46.0 Å². The number of allylic oxidation sites excluding steroid dienone is 16. The highest BCUT2D eigenvalue weighted by atomic mass is 19.3. The second-order valence-corrected chi connectivity index (χ2v) is 10.8. The number of alkyl halides is 12. The van der Waals surface area contributed by atoms with Gasteiger partial charge in [0.25, 0.3) is 23.7 Å². The van der Waals surface area contributed by atoms with Gasteiger partial charge >= 0.3 is 0 Å². The standard InChI is InChI=1S/C30H20BF12/c32-23(14-4-7-18-27(23,36)37)31(24(33)15-5-8-19-28(24,38)39,25(34)16-6-9-20-29(25,40)41)26(35)17-10-13-22(30(26,42)43)21-11-2-1-3-12-21/h1-20H/q-1. The number of rotatable bonds is 5. The third kappa shape index (κ3) is 3.50. The molecule has 228 valence electrons. The minimum absolute atomic E-state index is 0.268. The molecule has 0 fully saturated rings. The monoisotopic (exact) mass is 619 g/mol. The predicted molar refractivity (Wildman–Crippen MR) is 139 cm³/mol. The SMILES string of the molecule is FC1(F)C=CC=CC1(F)[B-](C1(F)C=CC=CC1(F)F)(C1(F)C=CC=CC1(F)F)C1(F)C=CC=C(c2ccccc2)C1(F)F. The molecular formula is C30H20BF12-. The van der Waals surface area contributed by atoms with Crippen LogP contribution < -0.4 is 0 Å². The average Bonchev–Trinajstić information content (AvgIpc) is 2.92. The van der Waals surface area contributed by atoms with Crippen LogP contribution >= 0.6 is 0 Å². The lowest BCUT2D eigenvalue weighted by molar-refractivity contribution is -0.118. The van der Waals surface area contributed by atoms with E-state index in [2.05, 4.69) is 0 Å². The normalized spacial score (nSPS) is 37.6. The van der Waals surface area contributed by atoms with Crippen LogP contribution in [0.4, 0.5) is 52.7 Å². The zero-order valence-electron chi connectivity index (χ0n) is 21.7. The molecule has 4 unspecified atom stereocenters. The second kappa shape index (κ2) is 9.18. The zero-order chi connectivity index (χ0) is 31.8. The number of benzene rings is 1. The Kier molecular flexibility index (Phi) is 6.58. The summed E-state index contributed by atoms with van der Waals surface area (Å²) in [4.78, 5) is 0. The molecule has 0 radical (unpaired) electrons. The van der Waals surface area contributed by atoms with E-state index in [0.717, 1.165) is 24.3 Å². The van der Waals surface area contributed by atoms with Crippen LogP contribution in [0.1, 0.15) is 5.56 Å². The van der Waals surface area contributed by atoms with Gasteiger partial charge in [0.1, 0.15) is 0 Å². The Morgan fingerprint density at radius 2 is 0.744 bits per heavy atom. The van der Waals surface area contributed by atoms with Crippen molar-refractivity contribution in [2.75, 3.05) is 0 Å². The van der Waals surface area contributed by atoms with Crippen LogP contribution in [-0.2, 0) is 0 Å². The molecule has 0 nitrogen and oxygen atoms in total. The fourth-order valence-electron chi connectivity index (χ4n) is 6.98. The molecule has 0 amide bonds. The van der Waals surface area contributed by atoms with Gasteiger partial charge in [-0.25, -0.2) is 35.1 Å². The van der Waals surface area contributed by atoms with E-state index in [-0.39, 0.29) is 18.2 Å². The van der Waals surface area contributed by atoms with E-state index < -0.39 is 106 Å². The maximum absolute atomic E-state index is 18.0. The zero-order valence-corrected chi connectivity index (χ0v) is 21.7. The quantitative estimate of drug-likeness (QED) is 0.228. The van der Waals surface area contributed by atoms with Gasteiger partial charge < -0.3 is 0 Å². The van der Waals surface area contributed by atoms with Crippen LogP contribution in [0.25, 0.3) is 5.57 Å². The Labute approximate surface area is 237 Å². The Hall–Kier alpha value is -3.64. The van der Waals surface area contributed by atoms with Crippen molar-refractivity contribution in [3.8, 4) is 0 Å². The average molecular weight is 619 g/mol. The predicted octanol–water partition coefficient (Wildman–Crippen LogP) is 9.00. The molecule has 4 atom stereocenters. The summed E-state index contributed by atoms with van der Waals surface area (Å²) >= 11 is 0. The van der Waals surface area contributed by atoms with Gasteiger partial charge in [0.15, 0.2) is 0 Å². The lowest BCUT2D eigenvalue weighted by Crippen LogP contribution is -2.95. The Morgan fingerprint density at radius 3 is 1.12 bits per heavy atom. The summed E-state index contributed by atoms with van der Waals surface area (Å²) in [5.41, 5.74) is -24.6. The lowest BCUT2D eigenvalue weighted by atomic mass is 8.98. The number of hydrogen-bond acceptors (Lipinski definition) is 0. The molecule has 0 bridgehead atoms. The van der Waals surface area contributed by atoms with E-state index in [9.17, 15) is 0 Å². The summed E-state index contributed by atoms with van der Waals surface area (Å²) in [6.07, 6.45) is -7.84. The largest absolute Gasteiger partial charge is 0.278 e. The van der Waals surface area contributed by atoms with E-state index in [1.54, 1.807) is 0 Å². The van der Waals surface area contributed by atoms with Crippen LogP contribution in [0.3, 0.4) is 0 Å². The molecule has 5 rings (SSSR count). The van der Waals surface area contributed by atoms with E-state index in [0.29, 0.717) is 30.4 Å². The van der Waals surface area contributed by atoms with Gasteiger partial charge in [0.2, 0.25) is 6.15 Å². The molecular weight excluding hydrogens is 599 g/mol. The van der Waals surface area contributed by atoms with E-state index in [1.165, 1.54) is 6.07 Å². The van der Waals surface area contributed by atoms with E-state index in [1.807, 2.05) is 0 Å². The molecule has 43 heavy (non-hydrogen) atoms. The van der Waals surface area contributed by atoms with Gasteiger partial charge in [-0.05, 0) is 23.8 Å². The minimum atomic E-state index is -7.19. The summed E-state index contributed by atoms with van der Waals surface area (Å²) in [5.74, 6) is -22.1. The molecule has 0 spiro atoms. The highest BCUT2D eigenvalue weighted by Crippen LogP contribution is 2.70. The minimum Gasteiger partial charge on any atom is -0.275 e. The highest BCUT2D eigenvalue weighted by Gasteiger charge is 2.91. The summed E-state index contributed by atoms with van der Waals surface area (Å²) < 4.78 is 199. The summed E-state index contributed by atoms with van der Waals surface area (Å²) in [7, 11) is 0. The highest BCUT2D eigenvalue weighted by molar-refractivity contribution is 6.93. The number of halogens is 12. The van der Waals surface area contributed by atoms with Gasteiger partial charge in [-0.15, -0.1) is 0 Å². The fourth-order valence-corrected chi connectivity index (χ4v) is 6.98. The van der Waals surface area contributed by atoms with Crippen LogP contribution in [-0.4, -0.2) is 52.1 Å². The molecule has 0 saturated heterocycles. The Balaban J connectivity index is 2.06. The van der Waals surface area contributed by atoms with Gasteiger partial charge in [0.05, 0.1) is 22.3 Å². The Morgan fingerprint density at radius 1 is 0.395 bits per heavy atom. The molecule has 4 aliphatic rings. The van der Waals surface area contributed by atoms with Crippen LogP contribution in [0.15, 0.2) is 121 Å². The topological polar surface area (TPSA) is 0 Å². The lowest BCUT2D eigenvalue weighted by Gasteiger charge is -2.70. The molecule has 0 saturated carbocycles. The van der Waals surface area contributed by atoms with Crippen molar-refractivity contribution < 1.29 is 52.7 Å². The van der Waals surface area contributed by atoms with Gasteiger partial charge in [-0.3, -0.25) is 17.6 Å². The second-order valence-electron chi connectivity index (χ2n) is 10.8. The first kappa shape index (κ1) is 30.8. The van der Waals surface area contributed by atoms with Crippen molar-refractivity contribution in [1.82, 2.24) is 0 Å². The van der Waals surface area contributed by atoms with E-state index in [4.69, 9.17) is 0 Å². The first-order valence-corrected chi connectivity index (χ1v) is 12.8. The maximum atomic E-state index is 18.0. The van der Waals surface area contributed by atoms with Gasteiger partial charge in [0, 0.05) is 5.57 Å². The van der Waals surface area contributed by atoms with Gasteiger partial charge in [-0.1, -0.05) is 103 Å². The van der Waals surface area contributed by atoms with Crippen molar-refractivity contribution in [2.24, 2.45) is 0 Å². The van der Waals surface area contributed by atoms with Crippen molar-refractivity contribution in [3.63, 3.8) is 0 Å². The fraction of sp³-hybridized carbons (Fsp3) is 0.267. The molecule has 0 N–H and O–H groups in total. The summed E-state index contributed by atoms with van der Waals surface area (Å²) in [5, 5.41) is 0. The van der Waals surface area contributed by atoms with E-state index >= 15 is 52.7 Å². The molecule has 1 aromatic carbocycles. The molecule has 0 aliphatic heterocycles. The molecule has 13 heteroatoms. The third-order valence-corrected chi connectivity index (χ3v) is 8.83. The molecule has 0 heterocycles. The van der Waals surface area contributed by atoms with Gasteiger partial charge in [-0.2, -0.15) is 0 Å². The first-order chi connectivity index (χ1) is 19.8. The molecule has 4 aliphatic carbocycles. The molecule has 0 aromatic heterocycles.